The highest BCUT2D eigenvalue weighted by molar-refractivity contribution is 7.97. The summed E-state index contributed by atoms with van der Waals surface area (Å²) in [5.74, 6) is 0. The van der Waals surface area contributed by atoms with Crippen LogP contribution in [0, 0.1) is 13.8 Å². The van der Waals surface area contributed by atoms with E-state index in [0.717, 1.165) is 16.7 Å². The third kappa shape index (κ3) is 2.41. The molecule has 1 aromatic rings. The summed E-state index contributed by atoms with van der Waals surface area (Å²) >= 11 is 3.86. The van der Waals surface area contributed by atoms with Crippen molar-refractivity contribution >= 4 is 17.7 Å². The number of hydrogen-bond donors (Lipinski definition) is 1. The normalized spacial score (nSPS) is 12.6. The van der Waals surface area contributed by atoms with Gasteiger partial charge in [-0.2, -0.15) is 0 Å². The van der Waals surface area contributed by atoms with E-state index in [9.17, 15) is 4.79 Å². The maximum Gasteiger partial charge on any atom is 0.216 e. The van der Waals surface area contributed by atoms with Crippen molar-refractivity contribution in [1.29, 1.82) is 0 Å². The Kier molecular flexibility index (Phi) is 3.94. The van der Waals surface area contributed by atoms with Crippen LogP contribution in [-0.2, 0) is 4.74 Å². The molecule has 15 heavy (non-hydrogen) atoms. The Balaban J connectivity index is 3.36. The predicted octanol–water partition coefficient (Wildman–Crippen LogP) is 3.08. The number of methoxy groups -OCH3 is 1. The molecule has 0 saturated heterocycles. The molecular formula is C12H16O2S. The lowest BCUT2D eigenvalue weighted by molar-refractivity contribution is 0.108. The van der Waals surface area contributed by atoms with E-state index in [4.69, 9.17) is 4.74 Å². The van der Waals surface area contributed by atoms with Crippen molar-refractivity contribution in [1.82, 2.24) is 0 Å². The van der Waals surface area contributed by atoms with E-state index in [2.05, 4.69) is 12.6 Å². The molecule has 0 amide bonds. The van der Waals surface area contributed by atoms with Gasteiger partial charge in [-0.1, -0.05) is 6.07 Å². The number of hydrogen-bond acceptors (Lipinski definition) is 2. The van der Waals surface area contributed by atoms with Gasteiger partial charge in [0.25, 0.3) is 0 Å². The quantitative estimate of drug-likeness (QED) is 0.799. The third-order valence-electron chi connectivity index (χ3n) is 2.72. The van der Waals surface area contributed by atoms with E-state index in [-0.39, 0.29) is 11.2 Å². The largest absolute Gasteiger partial charge is 0.377 e. The Morgan fingerprint density at radius 3 is 2.47 bits per heavy atom. The minimum Gasteiger partial charge on any atom is -0.377 e. The molecule has 0 heterocycles. The Morgan fingerprint density at radius 1 is 1.40 bits per heavy atom. The first kappa shape index (κ1) is 12.3. The molecule has 0 aliphatic rings. The Morgan fingerprint density at radius 2 is 2.00 bits per heavy atom. The molecule has 1 unspecified atom stereocenters. The summed E-state index contributed by atoms with van der Waals surface area (Å²) in [5, 5.41) is -0.197. The number of thiol groups is 1. The Labute approximate surface area is 96.1 Å². The Bertz CT molecular complexity index is 385. The third-order valence-corrected chi connectivity index (χ3v) is 2.96. The average Bonchev–Trinajstić information content (AvgIpc) is 2.16. The summed E-state index contributed by atoms with van der Waals surface area (Å²) in [6, 6.07) is 3.74. The molecule has 1 aromatic carbocycles. The number of ether oxygens (including phenoxy) is 1. The second-order valence-electron chi connectivity index (χ2n) is 3.65. The van der Waals surface area contributed by atoms with Gasteiger partial charge in [-0.25, -0.2) is 0 Å². The number of benzene rings is 1. The standard InChI is InChI=1S/C12H16O2S/c1-7-5-6-10(12(13)15)8(2)11(7)9(3)14-4/h5-6,9H,1-4H3,(H,13,15). The highest BCUT2D eigenvalue weighted by Gasteiger charge is 2.15. The SMILES string of the molecule is COC(C)c1c(C)ccc(C(=O)S)c1C. The maximum atomic E-state index is 11.3. The zero-order valence-electron chi connectivity index (χ0n) is 9.50. The lowest BCUT2D eigenvalue weighted by Crippen LogP contribution is -2.06. The van der Waals surface area contributed by atoms with Gasteiger partial charge in [0.05, 0.1) is 6.10 Å². The molecule has 2 nitrogen and oxygen atoms in total. The molecule has 0 N–H and O–H groups in total. The topological polar surface area (TPSA) is 26.3 Å². The van der Waals surface area contributed by atoms with Crippen molar-refractivity contribution in [3.8, 4) is 0 Å². The van der Waals surface area contributed by atoms with Gasteiger partial charge in [0.1, 0.15) is 0 Å². The van der Waals surface area contributed by atoms with Crippen LogP contribution in [0.3, 0.4) is 0 Å². The Hall–Kier alpha value is -0.800. The van der Waals surface area contributed by atoms with Crippen molar-refractivity contribution in [2.24, 2.45) is 0 Å². The van der Waals surface area contributed by atoms with Gasteiger partial charge in [0.2, 0.25) is 5.12 Å². The average molecular weight is 224 g/mol. The van der Waals surface area contributed by atoms with E-state index < -0.39 is 0 Å². The van der Waals surface area contributed by atoms with E-state index in [1.807, 2.05) is 32.9 Å². The molecule has 3 heteroatoms. The smallest absolute Gasteiger partial charge is 0.216 e. The minimum absolute atomic E-state index is 0.00219. The van der Waals surface area contributed by atoms with E-state index >= 15 is 0 Å². The fourth-order valence-electron chi connectivity index (χ4n) is 1.84. The molecule has 0 aliphatic heterocycles. The molecule has 1 rings (SSSR count). The number of rotatable bonds is 3. The van der Waals surface area contributed by atoms with Crippen LogP contribution in [0.2, 0.25) is 0 Å². The van der Waals surface area contributed by atoms with Crippen molar-refractivity contribution in [2.45, 2.75) is 26.9 Å². The summed E-state index contributed by atoms with van der Waals surface area (Å²) in [7, 11) is 1.67. The molecule has 0 saturated carbocycles. The van der Waals surface area contributed by atoms with Crippen LogP contribution >= 0.6 is 12.6 Å². The van der Waals surface area contributed by atoms with E-state index in [1.165, 1.54) is 0 Å². The van der Waals surface area contributed by atoms with E-state index in [1.54, 1.807) is 7.11 Å². The summed E-state index contributed by atoms with van der Waals surface area (Å²) in [6.45, 7) is 5.92. The van der Waals surface area contributed by atoms with Crippen LogP contribution in [-0.4, -0.2) is 12.2 Å². The summed E-state index contributed by atoms with van der Waals surface area (Å²) < 4.78 is 5.30. The van der Waals surface area contributed by atoms with Crippen LogP contribution in [0.15, 0.2) is 12.1 Å². The molecule has 82 valence electrons. The van der Waals surface area contributed by atoms with Crippen LogP contribution in [0.4, 0.5) is 0 Å². The summed E-state index contributed by atoms with van der Waals surface area (Å²) in [5.41, 5.74) is 3.84. The number of carbonyl (C=O) groups is 1. The van der Waals surface area contributed by atoms with Gasteiger partial charge in [0, 0.05) is 12.7 Å². The molecule has 0 fully saturated rings. The van der Waals surface area contributed by atoms with Gasteiger partial charge in [0.15, 0.2) is 0 Å². The maximum absolute atomic E-state index is 11.3. The predicted molar refractivity (Wildman–Crippen MR) is 64.7 cm³/mol. The molecule has 0 aliphatic carbocycles. The highest BCUT2D eigenvalue weighted by atomic mass is 32.1. The van der Waals surface area contributed by atoms with E-state index in [0.29, 0.717) is 5.56 Å². The second kappa shape index (κ2) is 4.81. The summed E-state index contributed by atoms with van der Waals surface area (Å²) in [4.78, 5) is 11.3. The highest BCUT2D eigenvalue weighted by Crippen LogP contribution is 2.27. The van der Waals surface area contributed by atoms with Crippen molar-refractivity contribution in [3.63, 3.8) is 0 Å². The van der Waals surface area contributed by atoms with Gasteiger partial charge in [-0.05, 0) is 43.5 Å². The van der Waals surface area contributed by atoms with Crippen molar-refractivity contribution < 1.29 is 9.53 Å². The first-order chi connectivity index (χ1) is 6.99. The van der Waals surface area contributed by atoms with Gasteiger partial charge < -0.3 is 4.74 Å². The molecule has 0 spiro atoms. The van der Waals surface area contributed by atoms with Gasteiger partial charge in [-0.3, -0.25) is 4.79 Å². The van der Waals surface area contributed by atoms with Crippen molar-refractivity contribution in [2.75, 3.05) is 7.11 Å². The second-order valence-corrected chi connectivity index (χ2v) is 4.06. The molecule has 1 atom stereocenters. The van der Waals surface area contributed by atoms with Crippen LogP contribution in [0.5, 0.6) is 0 Å². The van der Waals surface area contributed by atoms with Gasteiger partial charge in [-0.15, -0.1) is 12.6 Å². The molecule has 0 radical (unpaired) electrons. The first-order valence-electron chi connectivity index (χ1n) is 4.85. The minimum atomic E-state index is -0.197. The van der Waals surface area contributed by atoms with Crippen molar-refractivity contribution in [3.05, 3.63) is 34.4 Å². The summed E-state index contributed by atoms with van der Waals surface area (Å²) in [6.07, 6.45) is -0.00219. The van der Waals surface area contributed by atoms with Gasteiger partial charge >= 0.3 is 0 Å². The molecule has 0 bridgehead atoms. The fraction of sp³-hybridized carbons (Fsp3) is 0.417. The zero-order chi connectivity index (χ0) is 11.6. The van der Waals surface area contributed by atoms with Crippen LogP contribution in [0.1, 0.15) is 40.1 Å². The number of carbonyl (C=O) groups excluding carboxylic acids is 1. The molecule has 0 aromatic heterocycles. The lowest BCUT2D eigenvalue weighted by Gasteiger charge is -2.17. The first-order valence-corrected chi connectivity index (χ1v) is 5.30. The monoisotopic (exact) mass is 224 g/mol. The van der Waals surface area contributed by atoms with Crippen LogP contribution < -0.4 is 0 Å². The zero-order valence-corrected chi connectivity index (χ0v) is 10.4. The molecular weight excluding hydrogens is 208 g/mol. The fourth-order valence-corrected chi connectivity index (χ4v) is 2.08. The van der Waals surface area contributed by atoms with Crippen LogP contribution in [0.25, 0.3) is 0 Å². The number of aryl methyl sites for hydroxylation is 1. The lowest BCUT2D eigenvalue weighted by atomic mass is 9.95.